The Bertz CT molecular complexity index is 2410. The summed E-state index contributed by atoms with van der Waals surface area (Å²) in [5, 5.41) is 6.27. The fourth-order valence-electron chi connectivity index (χ4n) is 8.06. The molecule has 1 unspecified atom stereocenters. The van der Waals surface area contributed by atoms with Gasteiger partial charge in [-0.15, -0.1) is 0 Å². The number of benzene rings is 7. The van der Waals surface area contributed by atoms with Gasteiger partial charge < -0.3 is 5.32 Å². The molecule has 1 nitrogen and oxygen atoms in total. The third-order valence-corrected chi connectivity index (χ3v) is 10.9. The summed E-state index contributed by atoms with van der Waals surface area (Å²) in [7, 11) is 0. The smallest absolute Gasteiger partial charge is 0.0384 e. The second-order valence-corrected chi connectivity index (χ2v) is 14.3. The first kappa shape index (κ1) is 30.2. The lowest BCUT2D eigenvalue weighted by atomic mass is 9.78. The first-order valence-electron chi connectivity index (χ1n) is 17.7. The largest absolute Gasteiger partial charge is 0.356 e. The zero-order valence-corrected chi connectivity index (χ0v) is 28.5. The Hall–Kier alpha value is -5.92. The summed E-state index contributed by atoms with van der Waals surface area (Å²) in [5.41, 5.74) is 16.6. The van der Waals surface area contributed by atoms with E-state index in [1.54, 1.807) is 0 Å². The summed E-state index contributed by atoms with van der Waals surface area (Å²) >= 11 is 0. The van der Waals surface area contributed by atoms with Gasteiger partial charge in [0.1, 0.15) is 0 Å². The van der Waals surface area contributed by atoms with Crippen LogP contribution < -0.4 is 5.32 Å². The van der Waals surface area contributed by atoms with E-state index in [1.165, 1.54) is 77.7 Å². The maximum atomic E-state index is 3.72. The summed E-state index contributed by atoms with van der Waals surface area (Å²) in [5.74, 6) is 0.427. The van der Waals surface area contributed by atoms with Crippen molar-refractivity contribution in [2.24, 2.45) is 0 Å². The Morgan fingerprint density at radius 1 is 0.480 bits per heavy atom. The van der Waals surface area contributed by atoms with Crippen LogP contribution in [0.15, 0.2) is 187 Å². The molecule has 50 heavy (non-hydrogen) atoms. The summed E-state index contributed by atoms with van der Waals surface area (Å²) in [4.78, 5) is 0. The van der Waals surface area contributed by atoms with E-state index in [0.29, 0.717) is 5.92 Å². The van der Waals surface area contributed by atoms with E-state index in [4.69, 9.17) is 0 Å². The third-order valence-electron chi connectivity index (χ3n) is 10.9. The monoisotopic (exact) mass is 641 g/mol. The van der Waals surface area contributed by atoms with Gasteiger partial charge in [0, 0.05) is 22.7 Å². The molecule has 0 radical (unpaired) electrons. The van der Waals surface area contributed by atoms with Gasteiger partial charge in [-0.1, -0.05) is 165 Å². The van der Waals surface area contributed by atoms with Crippen molar-refractivity contribution in [1.82, 2.24) is 0 Å². The van der Waals surface area contributed by atoms with Crippen molar-refractivity contribution in [3.63, 3.8) is 0 Å². The van der Waals surface area contributed by atoms with Crippen LogP contribution in [-0.4, -0.2) is 0 Å². The Morgan fingerprint density at radius 3 is 1.64 bits per heavy atom. The number of nitrogens with one attached hydrogen (secondary N) is 1. The van der Waals surface area contributed by atoms with Gasteiger partial charge in [-0.3, -0.25) is 0 Å². The summed E-state index contributed by atoms with van der Waals surface area (Å²) in [6.07, 6.45) is 5.79. The van der Waals surface area contributed by atoms with Gasteiger partial charge in [-0.05, 0) is 103 Å². The summed E-state index contributed by atoms with van der Waals surface area (Å²) < 4.78 is 0. The normalized spacial score (nSPS) is 15.9. The van der Waals surface area contributed by atoms with E-state index in [2.05, 4.69) is 195 Å². The fraction of sp³-hybridized carbons (Fsp3) is 0.102. The molecule has 1 N–H and O–H groups in total. The molecular formula is C49H39N. The highest BCUT2D eigenvalue weighted by atomic mass is 14.9. The number of hydrogen-bond acceptors (Lipinski definition) is 1. The lowest BCUT2D eigenvalue weighted by Gasteiger charge is -2.27. The highest BCUT2D eigenvalue weighted by molar-refractivity contribution is 5.87. The van der Waals surface area contributed by atoms with E-state index in [-0.39, 0.29) is 5.41 Å². The number of hydrogen-bond donors (Lipinski definition) is 1. The molecule has 1 atom stereocenters. The molecular weight excluding hydrogens is 603 g/mol. The zero-order valence-electron chi connectivity index (χ0n) is 28.5. The van der Waals surface area contributed by atoms with Crippen molar-refractivity contribution in [2.75, 3.05) is 5.32 Å². The van der Waals surface area contributed by atoms with E-state index in [0.717, 1.165) is 12.1 Å². The highest BCUT2D eigenvalue weighted by Gasteiger charge is 2.42. The standard InChI is InChI=1S/C49H39N/c1-49(2)47-31-42(39-18-16-38(17-19-39)41-21-20-34-10-6-7-11-40(34)30-41)24-28-45(47)46-29-27-44(32-48(46)49)50-43-25-22-37(23-26-43)36-14-12-35(13-15-36)33-8-4-3-5-9-33/h3-28,30-32,46,50H,29H2,1-2H3. The van der Waals surface area contributed by atoms with Crippen LogP contribution >= 0.6 is 0 Å². The second kappa shape index (κ2) is 12.2. The Morgan fingerprint density at radius 2 is 0.980 bits per heavy atom. The topological polar surface area (TPSA) is 12.0 Å². The van der Waals surface area contributed by atoms with Gasteiger partial charge in [-0.25, -0.2) is 0 Å². The van der Waals surface area contributed by atoms with Gasteiger partial charge in [0.15, 0.2) is 0 Å². The molecule has 240 valence electrons. The number of fused-ring (bicyclic) bond motifs is 4. The van der Waals surface area contributed by atoms with E-state index < -0.39 is 0 Å². The molecule has 0 saturated carbocycles. The van der Waals surface area contributed by atoms with Gasteiger partial charge in [0.2, 0.25) is 0 Å². The molecule has 0 amide bonds. The van der Waals surface area contributed by atoms with Crippen molar-refractivity contribution in [3.8, 4) is 44.5 Å². The van der Waals surface area contributed by atoms with Crippen molar-refractivity contribution in [1.29, 1.82) is 0 Å². The number of rotatable bonds is 6. The van der Waals surface area contributed by atoms with Crippen LogP contribution in [0.1, 0.15) is 37.3 Å². The van der Waals surface area contributed by atoms with Crippen molar-refractivity contribution in [2.45, 2.75) is 31.6 Å². The lowest BCUT2D eigenvalue weighted by Crippen LogP contribution is -2.19. The minimum absolute atomic E-state index is 0.0436. The zero-order chi connectivity index (χ0) is 33.7. The van der Waals surface area contributed by atoms with Gasteiger partial charge in [-0.2, -0.15) is 0 Å². The Labute approximate surface area is 295 Å². The maximum absolute atomic E-state index is 3.72. The molecule has 0 fully saturated rings. The summed E-state index contributed by atoms with van der Waals surface area (Å²) in [6.45, 7) is 4.79. The van der Waals surface area contributed by atoms with Crippen molar-refractivity contribution in [3.05, 3.63) is 198 Å². The molecule has 2 aliphatic carbocycles. The minimum Gasteiger partial charge on any atom is -0.356 e. The van der Waals surface area contributed by atoms with Crippen LogP contribution in [0, 0.1) is 0 Å². The third kappa shape index (κ3) is 5.46. The quantitative estimate of drug-likeness (QED) is 0.190. The van der Waals surface area contributed by atoms with Gasteiger partial charge in [0.05, 0.1) is 0 Å². The SMILES string of the molecule is CC1(C)C2=CC(Nc3ccc(-c4ccc(-c5ccccc5)cc4)cc3)=CCC2c2ccc(-c3ccc(-c4ccc5ccccc5c4)cc3)cc21. The van der Waals surface area contributed by atoms with Crippen LogP contribution in [-0.2, 0) is 5.41 Å². The van der Waals surface area contributed by atoms with Crippen LogP contribution in [0.3, 0.4) is 0 Å². The summed E-state index contributed by atoms with van der Waals surface area (Å²) in [6, 6.07) is 59.7. The molecule has 2 aliphatic rings. The second-order valence-electron chi connectivity index (χ2n) is 14.3. The lowest BCUT2D eigenvalue weighted by molar-refractivity contribution is 0.610. The van der Waals surface area contributed by atoms with E-state index in [9.17, 15) is 0 Å². The number of allylic oxidation sites excluding steroid dienone is 3. The van der Waals surface area contributed by atoms with Gasteiger partial charge in [0.25, 0.3) is 0 Å². The van der Waals surface area contributed by atoms with E-state index >= 15 is 0 Å². The van der Waals surface area contributed by atoms with Crippen molar-refractivity contribution < 1.29 is 0 Å². The van der Waals surface area contributed by atoms with E-state index in [1.807, 2.05) is 0 Å². The fourth-order valence-corrected chi connectivity index (χ4v) is 8.06. The molecule has 0 aliphatic heterocycles. The first-order valence-corrected chi connectivity index (χ1v) is 17.7. The van der Waals surface area contributed by atoms with Crippen LogP contribution in [0.5, 0.6) is 0 Å². The van der Waals surface area contributed by atoms with Crippen molar-refractivity contribution >= 4 is 16.5 Å². The van der Waals surface area contributed by atoms with Crippen LogP contribution in [0.25, 0.3) is 55.3 Å². The average Bonchev–Trinajstić information content (AvgIpc) is 3.40. The molecule has 7 aromatic carbocycles. The highest BCUT2D eigenvalue weighted by Crippen LogP contribution is 2.54. The Kier molecular flexibility index (Phi) is 7.36. The van der Waals surface area contributed by atoms with Gasteiger partial charge >= 0.3 is 0 Å². The van der Waals surface area contributed by atoms with Crippen LogP contribution in [0.2, 0.25) is 0 Å². The average molecular weight is 642 g/mol. The molecule has 0 spiro atoms. The molecule has 0 saturated heterocycles. The molecule has 0 heterocycles. The predicted molar refractivity (Wildman–Crippen MR) is 212 cm³/mol. The predicted octanol–water partition coefficient (Wildman–Crippen LogP) is 13.2. The maximum Gasteiger partial charge on any atom is 0.0384 e. The molecule has 9 rings (SSSR count). The molecule has 7 aromatic rings. The first-order chi connectivity index (χ1) is 24.5. The molecule has 0 bridgehead atoms. The molecule has 0 aromatic heterocycles. The Balaban J connectivity index is 0.912. The van der Waals surface area contributed by atoms with Crippen LogP contribution in [0.4, 0.5) is 5.69 Å². The minimum atomic E-state index is -0.0436. The molecule has 1 heteroatoms. The number of anilines is 1.